The third kappa shape index (κ3) is 4.85. The molecule has 1 N–H and O–H groups in total. The van der Waals surface area contributed by atoms with Crippen LogP contribution in [0.25, 0.3) is 11.3 Å². The molecular formula is C23H25N3O4S2. The second-order valence-corrected chi connectivity index (χ2v) is 10.3. The lowest BCUT2D eigenvalue weighted by molar-refractivity contribution is 0.102. The highest BCUT2D eigenvalue weighted by Gasteiger charge is 2.25. The van der Waals surface area contributed by atoms with Gasteiger partial charge in [0.05, 0.1) is 17.7 Å². The van der Waals surface area contributed by atoms with Crippen molar-refractivity contribution >= 4 is 32.4 Å². The molecule has 0 bridgehead atoms. The van der Waals surface area contributed by atoms with Gasteiger partial charge in [0.1, 0.15) is 5.75 Å². The fraction of sp³-hybridized carbons (Fsp3) is 0.304. The number of hydrogen-bond donors (Lipinski definition) is 1. The maximum atomic E-state index is 12.9. The van der Waals surface area contributed by atoms with Crippen LogP contribution in [0.2, 0.25) is 0 Å². The molecule has 0 saturated carbocycles. The molecule has 2 aromatic carbocycles. The number of hydrogen-bond acceptors (Lipinski definition) is 6. The average molecular weight is 472 g/mol. The molecule has 1 aliphatic rings. The van der Waals surface area contributed by atoms with Crippen LogP contribution >= 0.6 is 11.3 Å². The second kappa shape index (κ2) is 9.81. The third-order valence-corrected chi connectivity index (χ3v) is 8.10. The van der Waals surface area contributed by atoms with E-state index in [0.29, 0.717) is 35.2 Å². The van der Waals surface area contributed by atoms with Crippen LogP contribution in [0.1, 0.15) is 36.0 Å². The van der Waals surface area contributed by atoms with Gasteiger partial charge in [-0.2, -0.15) is 4.31 Å². The highest BCUT2D eigenvalue weighted by molar-refractivity contribution is 7.89. The fourth-order valence-electron chi connectivity index (χ4n) is 3.69. The average Bonchev–Trinajstić information content (AvgIpc) is 3.09. The number of ether oxygens (including phenoxy) is 1. The van der Waals surface area contributed by atoms with Crippen LogP contribution < -0.4 is 10.1 Å². The summed E-state index contributed by atoms with van der Waals surface area (Å²) >= 11 is 1.31. The minimum atomic E-state index is -3.54. The first-order chi connectivity index (χ1) is 15.5. The summed E-state index contributed by atoms with van der Waals surface area (Å²) in [6.07, 6.45) is 3.87. The van der Waals surface area contributed by atoms with E-state index in [-0.39, 0.29) is 10.8 Å². The summed E-state index contributed by atoms with van der Waals surface area (Å²) in [5, 5.41) is 5.09. The number of nitrogens with zero attached hydrogens (tertiary/aromatic N) is 2. The van der Waals surface area contributed by atoms with Crippen molar-refractivity contribution in [3.8, 4) is 17.0 Å². The second-order valence-electron chi connectivity index (χ2n) is 7.53. The van der Waals surface area contributed by atoms with Crippen LogP contribution in [0, 0.1) is 0 Å². The molecule has 1 saturated heterocycles. The predicted octanol–water partition coefficient (Wildman–Crippen LogP) is 4.64. The van der Waals surface area contributed by atoms with E-state index in [0.717, 1.165) is 31.2 Å². The number of benzene rings is 2. The normalized spacial score (nSPS) is 15.2. The maximum absolute atomic E-state index is 12.9. The Hall–Kier alpha value is -2.75. The zero-order valence-corrected chi connectivity index (χ0v) is 19.4. The third-order valence-electron chi connectivity index (χ3n) is 5.43. The van der Waals surface area contributed by atoms with Gasteiger partial charge < -0.3 is 4.74 Å². The van der Waals surface area contributed by atoms with Gasteiger partial charge in [0.15, 0.2) is 5.13 Å². The first kappa shape index (κ1) is 22.4. The van der Waals surface area contributed by atoms with Crippen molar-refractivity contribution in [2.24, 2.45) is 0 Å². The molecule has 1 aliphatic heterocycles. The molecule has 0 aliphatic carbocycles. The molecule has 4 rings (SSSR count). The maximum Gasteiger partial charge on any atom is 0.257 e. The van der Waals surface area contributed by atoms with Gasteiger partial charge in [-0.1, -0.05) is 25.0 Å². The monoisotopic (exact) mass is 471 g/mol. The van der Waals surface area contributed by atoms with Gasteiger partial charge in [-0.3, -0.25) is 10.1 Å². The number of carbonyl (C=O) groups is 1. The minimum Gasteiger partial charge on any atom is -0.496 e. The lowest BCUT2D eigenvalue weighted by atomic mass is 10.1. The van der Waals surface area contributed by atoms with Crippen molar-refractivity contribution in [1.29, 1.82) is 0 Å². The van der Waals surface area contributed by atoms with Crippen LogP contribution in [0.4, 0.5) is 5.13 Å². The van der Waals surface area contributed by atoms with Crippen molar-refractivity contribution in [2.45, 2.75) is 30.6 Å². The lowest BCUT2D eigenvalue weighted by Crippen LogP contribution is -2.31. The number of thiazole rings is 1. The van der Waals surface area contributed by atoms with E-state index in [9.17, 15) is 13.2 Å². The zero-order valence-electron chi connectivity index (χ0n) is 17.8. The molecule has 1 aromatic heterocycles. The summed E-state index contributed by atoms with van der Waals surface area (Å²) in [4.78, 5) is 17.4. The van der Waals surface area contributed by atoms with Crippen LogP contribution in [-0.4, -0.2) is 43.8 Å². The summed E-state index contributed by atoms with van der Waals surface area (Å²) in [6, 6.07) is 13.6. The van der Waals surface area contributed by atoms with Crippen molar-refractivity contribution in [1.82, 2.24) is 9.29 Å². The predicted molar refractivity (Wildman–Crippen MR) is 126 cm³/mol. The van der Waals surface area contributed by atoms with Gasteiger partial charge in [-0.15, -0.1) is 11.3 Å². The molecular weight excluding hydrogens is 446 g/mol. The van der Waals surface area contributed by atoms with E-state index in [4.69, 9.17) is 4.74 Å². The molecule has 3 aromatic rings. The van der Waals surface area contributed by atoms with Crippen LogP contribution in [0.3, 0.4) is 0 Å². The smallest absolute Gasteiger partial charge is 0.257 e. The van der Waals surface area contributed by atoms with Gasteiger partial charge >= 0.3 is 0 Å². The number of carbonyl (C=O) groups excluding carboxylic acids is 1. The highest BCUT2D eigenvalue weighted by atomic mass is 32.2. The lowest BCUT2D eigenvalue weighted by Gasteiger charge is -2.20. The number of nitrogens with one attached hydrogen (secondary N) is 1. The molecule has 1 fully saturated rings. The Morgan fingerprint density at radius 1 is 1.03 bits per heavy atom. The number of amides is 1. The summed E-state index contributed by atoms with van der Waals surface area (Å²) in [7, 11) is -1.94. The van der Waals surface area contributed by atoms with E-state index < -0.39 is 10.0 Å². The number of para-hydroxylation sites is 1. The van der Waals surface area contributed by atoms with E-state index in [1.54, 1.807) is 11.4 Å². The largest absolute Gasteiger partial charge is 0.496 e. The van der Waals surface area contributed by atoms with Gasteiger partial charge in [0.2, 0.25) is 10.0 Å². The van der Waals surface area contributed by atoms with Crippen molar-refractivity contribution < 1.29 is 17.9 Å². The van der Waals surface area contributed by atoms with Gasteiger partial charge in [-0.05, 0) is 49.2 Å². The number of methoxy groups -OCH3 is 1. The molecule has 0 radical (unpaired) electrons. The van der Waals surface area contributed by atoms with E-state index in [2.05, 4.69) is 10.3 Å². The highest BCUT2D eigenvalue weighted by Crippen LogP contribution is 2.32. The Labute approximate surface area is 192 Å². The van der Waals surface area contributed by atoms with Crippen LogP contribution in [0.15, 0.2) is 58.8 Å². The molecule has 168 valence electrons. The molecule has 7 nitrogen and oxygen atoms in total. The first-order valence-corrected chi connectivity index (χ1v) is 12.8. The van der Waals surface area contributed by atoms with Crippen molar-refractivity contribution in [2.75, 3.05) is 25.5 Å². The van der Waals surface area contributed by atoms with E-state index >= 15 is 0 Å². The van der Waals surface area contributed by atoms with E-state index in [1.165, 1.54) is 35.6 Å². The Bertz CT molecular complexity index is 1180. The first-order valence-electron chi connectivity index (χ1n) is 10.5. The SMILES string of the molecule is COc1ccccc1-c1csc(NC(=O)c2ccc(S(=O)(=O)N3CCCCCC3)cc2)n1. The molecule has 0 atom stereocenters. The van der Waals surface area contributed by atoms with Crippen molar-refractivity contribution in [3.05, 3.63) is 59.5 Å². The van der Waals surface area contributed by atoms with Gasteiger partial charge in [0, 0.05) is 29.6 Å². The molecule has 32 heavy (non-hydrogen) atoms. The molecule has 2 heterocycles. The summed E-state index contributed by atoms with van der Waals surface area (Å²) in [5.41, 5.74) is 1.92. The summed E-state index contributed by atoms with van der Waals surface area (Å²) in [5.74, 6) is 0.363. The number of sulfonamides is 1. The van der Waals surface area contributed by atoms with Crippen LogP contribution in [-0.2, 0) is 10.0 Å². The Balaban J connectivity index is 1.46. The number of rotatable bonds is 6. The summed E-state index contributed by atoms with van der Waals surface area (Å²) < 4.78 is 32.7. The molecule has 9 heteroatoms. The standard InChI is InChI=1S/C23H25N3O4S2/c1-30-21-9-5-4-8-19(21)20-16-31-23(24-20)25-22(27)17-10-12-18(13-11-17)32(28,29)26-14-6-2-3-7-15-26/h4-5,8-13,16H,2-3,6-7,14-15H2,1H3,(H,24,25,27). The van der Waals surface area contributed by atoms with Crippen LogP contribution in [0.5, 0.6) is 5.75 Å². The van der Waals surface area contributed by atoms with Crippen molar-refractivity contribution in [3.63, 3.8) is 0 Å². The Morgan fingerprint density at radius 3 is 2.41 bits per heavy atom. The molecule has 0 spiro atoms. The fourth-order valence-corrected chi connectivity index (χ4v) is 5.91. The number of anilines is 1. The molecule has 1 amide bonds. The summed E-state index contributed by atoms with van der Waals surface area (Å²) in [6.45, 7) is 1.09. The number of aromatic nitrogens is 1. The quantitative estimate of drug-likeness (QED) is 0.566. The Kier molecular flexibility index (Phi) is 6.88. The van der Waals surface area contributed by atoms with Gasteiger partial charge in [0.25, 0.3) is 5.91 Å². The van der Waals surface area contributed by atoms with Gasteiger partial charge in [-0.25, -0.2) is 13.4 Å². The Morgan fingerprint density at radius 2 is 1.72 bits per heavy atom. The minimum absolute atomic E-state index is 0.212. The zero-order chi connectivity index (χ0) is 22.6. The molecule has 0 unspecified atom stereocenters. The van der Waals surface area contributed by atoms with E-state index in [1.807, 2.05) is 29.6 Å². The topological polar surface area (TPSA) is 88.6 Å².